The molecule has 49 heavy (non-hydrogen) atoms. The van der Waals surface area contributed by atoms with Crippen LogP contribution in [0, 0.1) is 37.5 Å². The lowest BCUT2D eigenvalue weighted by atomic mass is 9.55. The van der Waals surface area contributed by atoms with Gasteiger partial charge in [0.15, 0.2) is 0 Å². The Morgan fingerprint density at radius 1 is 0.857 bits per heavy atom. The van der Waals surface area contributed by atoms with Crippen molar-refractivity contribution in [1.29, 1.82) is 0 Å². The molecule has 3 amide bonds. The zero-order valence-electron chi connectivity index (χ0n) is 30.0. The number of aryl methyl sites for hydroxylation is 3. The lowest BCUT2D eigenvalue weighted by Crippen LogP contribution is -2.58. The van der Waals surface area contributed by atoms with Gasteiger partial charge in [0.2, 0.25) is 0 Å². The quantitative estimate of drug-likeness (QED) is 0.182. The molecule has 2 aliphatic rings. The van der Waals surface area contributed by atoms with Crippen molar-refractivity contribution in [3.63, 3.8) is 0 Å². The van der Waals surface area contributed by atoms with Crippen molar-refractivity contribution in [3.8, 4) is 11.1 Å². The highest BCUT2D eigenvalue weighted by molar-refractivity contribution is 6.08. The van der Waals surface area contributed by atoms with Crippen molar-refractivity contribution in [3.05, 3.63) is 82.4 Å². The summed E-state index contributed by atoms with van der Waals surface area (Å²) in [5.74, 6) is -0.952. The number of aliphatic carboxylic acids is 1. The van der Waals surface area contributed by atoms with Crippen LogP contribution >= 0.6 is 0 Å². The maximum Gasteiger partial charge on any atom is 0.326 e. The van der Waals surface area contributed by atoms with Gasteiger partial charge in [-0.2, -0.15) is 0 Å². The summed E-state index contributed by atoms with van der Waals surface area (Å²) in [7, 11) is 0. The highest BCUT2D eigenvalue weighted by atomic mass is 16.5. The largest absolute Gasteiger partial charge is 0.480 e. The van der Waals surface area contributed by atoms with Crippen molar-refractivity contribution >= 4 is 29.3 Å². The summed E-state index contributed by atoms with van der Waals surface area (Å²) < 4.78 is 5.52. The Morgan fingerprint density at radius 2 is 1.47 bits per heavy atom. The Bertz CT molecular complexity index is 1640. The van der Waals surface area contributed by atoms with Crippen molar-refractivity contribution in [1.82, 2.24) is 5.32 Å². The topological polar surface area (TPSA) is 117 Å². The number of carbonyl (C=O) groups excluding carboxylic acids is 2. The van der Waals surface area contributed by atoms with Crippen LogP contribution in [0.4, 0.5) is 16.2 Å². The Balaban J connectivity index is 1.46. The van der Waals surface area contributed by atoms with Crippen LogP contribution in [0.2, 0.25) is 0 Å². The van der Waals surface area contributed by atoms with E-state index in [0.717, 1.165) is 92.4 Å². The number of rotatable bonds is 9. The molecule has 0 radical (unpaired) electrons. The van der Waals surface area contributed by atoms with Crippen molar-refractivity contribution in [2.24, 2.45) is 16.7 Å². The molecule has 0 unspecified atom stereocenters. The predicted octanol–water partition coefficient (Wildman–Crippen LogP) is 9.07. The molecule has 0 spiro atoms. The minimum Gasteiger partial charge on any atom is -0.480 e. The van der Waals surface area contributed by atoms with E-state index in [1.807, 2.05) is 39.0 Å². The number of carboxylic acids is 1. The van der Waals surface area contributed by atoms with Gasteiger partial charge in [0.25, 0.3) is 5.91 Å². The van der Waals surface area contributed by atoms with Crippen molar-refractivity contribution < 1.29 is 24.2 Å². The molecule has 1 aliphatic heterocycles. The van der Waals surface area contributed by atoms with E-state index < -0.39 is 29.4 Å². The average molecular weight is 668 g/mol. The molecule has 1 aliphatic carbocycles. The first kappa shape index (κ1) is 36.1. The summed E-state index contributed by atoms with van der Waals surface area (Å²) in [5.41, 5.74) is 6.29. The number of carbonyl (C=O) groups is 3. The minimum atomic E-state index is -1.08. The van der Waals surface area contributed by atoms with Gasteiger partial charge in [0, 0.05) is 24.3 Å². The summed E-state index contributed by atoms with van der Waals surface area (Å²) in [6.07, 6.45) is 7.50. The van der Waals surface area contributed by atoms with Crippen LogP contribution in [0.3, 0.4) is 0 Å². The molecular formula is C41H53N3O5. The highest BCUT2D eigenvalue weighted by Gasteiger charge is 2.52. The first-order valence-corrected chi connectivity index (χ1v) is 17.8. The molecule has 3 aromatic carbocycles. The zero-order valence-corrected chi connectivity index (χ0v) is 30.0. The molecule has 3 aromatic rings. The molecule has 8 heteroatoms. The number of nitrogens with one attached hydrogen (secondary N) is 3. The highest BCUT2D eigenvalue weighted by Crippen LogP contribution is 2.52. The standard InChI is InChI=1S/C41H53N3O5/c1-26-22-27(2)35(28(3)23-26)43-39(48)42-34-25-32(31-12-10-29(11-13-31)24-30-16-20-49-21-17-30)14-15-33(34)37(45)44-36(38(46)47)41(40(4,5)6)18-8-7-9-19-41/h10-15,22-23,25,30,36H,7-9,16-21,24H2,1-6H3,(H,44,45)(H,46,47)(H2,42,43,48)/t36-/m1/s1. The van der Waals surface area contributed by atoms with E-state index >= 15 is 0 Å². The van der Waals surface area contributed by atoms with Crippen LogP contribution in [-0.4, -0.2) is 42.3 Å². The van der Waals surface area contributed by atoms with Crippen LogP contribution in [0.25, 0.3) is 11.1 Å². The number of benzene rings is 3. The van der Waals surface area contributed by atoms with E-state index in [1.165, 1.54) is 5.56 Å². The molecule has 4 N–H and O–H groups in total. The maximum atomic E-state index is 14.1. The Kier molecular flexibility index (Phi) is 11.2. The van der Waals surface area contributed by atoms with Gasteiger partial charge in [-0.15, -0.1) is 0 Å². The molecule has 1 heterocycles. The summed E-state index contributed by atoms with van der Waals surface area (Å²) in [4.78, 5) is 40.5. The number of anilines is 2. The molecule has 262 valence electrons. The van der Waals surface area contributed by atoms with Gasteiger partial charge in [-0.05, 0) is 104 Å². The number of carboxylic acid groups (broad SMARTS) is 1. The molecule has 2 fully saturated rings. The summed E-state index contributed by atoms with van der Waals surface area (Å²) >= 11 is 0. The van der Waals surface area contributed by atoms with Crippen molar-refractivity contribution in [2.45, 2.75) is 99.0 Å². The third-order valence-corrected chi connectivity index (χ3v) is 10.9. The fraction of sp³-hybridized carbons (Fsp3) is 0.488. The number of amides is 3. The van der Waals surface area contributed by atoms with Crippen LogP contribution in [0.1, 0.15) is 98.3 Å². The summed E-state index contributed by atoms with van der Waals surface area (Å²) in [6, 6.07) is 16.2. The first-order chi connectivity index (χ1) is 23.3. The minimum absolute atomic E-state index is 0.207. The molecule has 1 atom stereocenters. The second-order valence-electron chi connectivity index (χ2n) is 15.3. The molecular weight excluding hydrogens is 614 g/mol. The molecule has 5 rings (SSSR count). The van der Waals surface area contributed by atoms with E-state index in [9.17, 15) is 19.5 Å². The number of urea groups is 1. The normalized spacial score (nSPS) is 17.2. The van der Waals surface area contributed by atoms with Gasteiger partial charge in [-0.25, -0.2) is 9.59 Å². The lowest BCUT2D eigenvalue weighted by Gasteiger charge is -2.51. The molecule has 0 aromatic heterocycles. The second-order valence-corrected chi connectivity index (χ2v) is 15.3. The number of hydrogen-bond donors (Lipinski definition) is 4. The predicted molar refractivity (Wildman–Crippen MR) is 196 cm³/mol. The van der Waals surface area contributed by atoms with Crippen LogP contribution < -0.4 is 16.0 Å². The van der Waals surface area contributed by atoms with Gasteiger partial charge in [0.1, 0.15) is 6.04 Å². The van der Waals surface area contributed by atoms with Crippen molar-refractivity contribution in [2.75, 3.05) is 23.8 Å². The number of ether oxygens (including phenoxy) is 1. The van der Waals surface area contributed by atoms with E-state index in [-0.39, 0.29) is 11.0 Å². The molecule has 1 saturated heterocycles. The average Bonchev–Trinajstić information content (AvgIpc) is 3.05. The maximum absolute atomic E-state index is 14.1. The monoisotopic (exact) mass is 667 g/mol. The zero-order chi connectivity index (χ0) is 35.3. The first-order valence-electron chi connectivity index (χ1n) is 17.8. The fourth-order valence-electron chi connectivity index (χ4n) is 8.09. The van der Waals surface area contributed by atoms with Gasteiger partial charge in [-0.1, -0.05) is 88.1 Å². The molecule has 0 bridgehead atoms. The Morgan fingerprint density at radius 3 is 2.06 bits per heavy atom. The Hall–Kier alpha value is -4.17. The second kappa shape index (κ2) is 15.2. The third kappa shape index (κ3) is 8.35. The fourth-order valence-corrected chi connectivity index (χ4v) is 8.09. The van der Waals surface area contributed by atoms with Gasteiger partial charge in [0.05, 0.1) is 11.3 Å². The van der Waals surface area contributed by atoms with E-state index in [0.29, 0.717) is 17.3 Å². The Labute approximate surface area is 291 Å². The summed E-state index contributed by atoms with van der Waals surface area (Å²) in [6.45, 7) is 13.7. The SMILES string of the molecule is Cc1cc(C)c(NC(=O)Nc2cc(-c3ccc(CC4CCOCC4)cc3)ccc2C(=O)N[C@H](C(=O)O)C2(C(C)(C)C)CCCCC2)c(C)c1. The lowest BCUT2D eigenvalue weighted by molar-refractivity contribution is -0.148. The van der Waals surface area contributed by atoms with Gasteiger partial charge >= 0.3 is 12.0 Å². The molecule has 1 saturated carbocycles. The smallest absolute Gasteiger partial charge is 0.326 e. The summed E-state index contributed by atoms with van der Waals surface area (Å²) in [5, 5.41) is 19.4. The number of hydrogen-bond acceptors (Lipinski definition) is 4. The van der Waals surface area contributed by atoms with Gasteiger partial charge < -0.3 is 25.8 Å². The van der Waals surface area contributed by atoms with Crippen LogP contribution in [0.5, 0.6) is 0 Å². The van der Waals surface area contributed by atoms with E-state index in [4.69, 9.17) is 4.74 Å². The van der Waals surface area contributed by atoms with Crippen LogP contribution in [0.15, 0.2) is 54.6 Å². The van der Waals surface area contributed by atoms with Crippen LogP contribution in [-0.2, 0) is 16.0 Å². The van der Waals surface area contributed by atoms with E-state index in [1.54, 1.807) is 12.1 Å². The van der Waals surface area contributed by atoms with E-state index in [2.05, 4.69) is 61.0 Å². The molecule has 8 nitrogen and oxygen atoms in total. The third-order valence-electron chi connectivity index (χ3n) is 10.9. The van der Waals surface area contributed by atoms with Gasteiger partial charge in [-0.3, -0.25) is 4.79 Å².